The molecule has 0 saturated carbocycles. The highest BCUT2D eigenvalue weighted by molar-refractivity contribution is 5.85. The summed E-state index contributed by atoms with van der Waals surface area (Å²) in [5.74, 6) is 2.06. The fourth-order valence-corrected chi connectivity index (χ4v) is 4.23. The Morgan fingerprint density at radius 1 is 1.04 bits per heavy atom. The Morgan fingerprint density at radius 3 is 2.54 bits per heavy atom. The highest BCUT2D eigenvalue weighted by atomic mass is 35.5. The number of rotatable bonds is 2. The number of ether oxygens (including phenoxy) is 2. The topological polar surface area (TPSA) is 30.5 Å². The molecule has 0 bridgehead atoms. The Bertz CT molecular complexity index is 760. The molecular weight excluding hydrogens is 322 g/mol. The van der Waals surface area contributed by atoms with E-state index in [-0.39, 0.29) is 12.4 Å². The minimum Gasteiger partial charge on any atom is -0.493 e. The molecule has 1 aliphatic carbocycles. The molecule has 4 rings (SSSR count). The van der Waals surface area contributed by atoms with Gasteiger partial charge in [0.1, 0.15) is 0 Å². The maximum absolute atomic E-state index is 5.55. The Balaban J connectivity index is 0.00000169. The average Bonchev–Trinajstić information content (AvgIpc) is 2.60. The van der Waals surface area contributed by atoms with Crippen LogP contribution in [0.25, 0.3) is 0 Å². The van der Waals surface area contributed by atoms with Gasteiger partial charge in [-0.05, 0) is 59.7 Å². The molecule has 0 spiro atoms. The maximum Gasteiger partial charge on any atom is 0.161 e. The summed E-state index contributed by atoms with van der Waals surface area (Å²) in [5.41, 5.74) is 7.08. The smallest absolute Gasteiger partial charge is 0.161 e. The number of hydrogen-bond donors (Lipinski definition) is 1. The average molecular weight is 346 g/mol. The molecule has 3 nitrogen and oxygen atoms in total. The lowest BCUT2D eigenvalue weighted by atomic mass is 9.72. The van der Waals surface area contributed by atoms with Crippen LogP contribution >= 0.6 is 12.4 Å². The summed E-state index contributed by atoms with van der Waals surface area (Å²) in [6, 6.07) is 11.5. The molecule has 0 aromatic heterocycles. The predicted molar refractivity (Wildman–Crippen MR) is 98.8 cm³/mol. The van der Waals surface area contributed by atoms with Crippen LogP contribution in [0.1, 0.15) is 40.2 Å². The van der Waals surface area contributed by atoms with Crippen molar-refractivity contribution < 1.29 is 9.47 Å². The number of hydrogen-bond acceptors (Lipinski definition) is 3. The van der Waals surface area contributed by atoms with Gasteiger partial charge in [0.15, 0.2) is 11.5 Å². The van der Waals surface area contributed by atoms with Crippen molar-refractivity contribution in [3.05, 3.63) is 58.1 Å². The van der Waals surface area contributed by atoms with E-state index in [2.05, 4.69) is 42.6 Å². The van der Waals surface area contributed by atoms with Crippen molar-refractivity contribution in [2.24, 2.45) is 0 Å². The molecule has 2 aliphatic rings. The standard InChI is InChI=1S/C20H23NO2.ClH/c1-12-5-4-6-14-16(12)11-21-17-8-7-13-9-18(22-2)19(23-3)10-15(13)20(14)17;/h4-6,9-10,17,20-21H,7-8,11H2,1-3H3;1H/t17-,20-;/m0./s1. The van der Waals surface area contributed by atoms with Crippen LogP contribution in [0.3, 0.4) is 0 Å². The lowest BCUT2D eigenvalue weighted by molar-refractivity contribution is 0.348. The molecule has 2 atom stereocenters. The minimum atomic E-state index is 0. The number of nitrogens with one attached hydrogen (secondary N) is 1. The second kappa shape index (κ2) is 6.66. The summed E-state index contributed by atoms with van der Waals surface area (Å²) in [6.45, 7) is 3.19. The Labute approximate surface area is 149 Å². The van der Waals surface area contributed by atoms with Crippen LogP contribution in [-0.2, 0) is 13.0 Å². The molecule has 1 aliphatic heterocycles. The van der Waals surface area contributed by atoms with Crippen molar-refractivity contribution in [3.63, 3.8) is 0 Å². The minimum absolute atomic E-state index is 0. The summed E-state index contributed by atoms with van der Waals surface area (Å²) < 4.78 is 11.0. The summed E-state index contributed by atoms with van der Waals surface area (Å²) in [5, 5.41) is 3.75. The van der Waals surface area contributed by atoms with E-state index in [1.54, 1.807) is 14.2 Å². The van der Waals surface area contributed by atoms with Crippen LogP contribution in [0.5, 0.6) is 11.5 Å². The van der Waals surface area contributed by atoms with Crippen molar-refractivity contribution in [2.75, 3.05) is 14.2 Å². The van der Waals surface area contributed by atoms with Gasteiger partial charge in [-0.25, -0.2) is 0 Å². The highest BCUT2D eigenvalue weighted by Crippen LogP contribution is 2.45. The number of fused-ring (bicyclic) bond motifs is 5. The van der Waals surface area contributed by atoms with Gasteiger partial charge in [0.25, 0.3) is 0 Å². The molecule has 0 saturated heterocycles. The van der Waals surface area contributed by atoms with Crippen LogP contribution in [0, 0.1) is 6.92 Å². The molecule has 1 heterocycles. The van der Waals surface area contributed by atoms with Crippen molar-refractivity contribution in [2.45, 2.75) is 38.3 Å². The van der Waals surface area contributed by atoms with Crippen LogP contribution in [-0.4, -0.2) is 20.3 Å². The Kier molecular flexibility index (Phi) is 4.75. The van der Waals surface area contributed by atoms with Crippen molar-refractivity contribution >= 4 is 12.4 Å². The number of aryl methyl sites for hydroxylation is 2. The summed E-state index contributed by atoms with van der Waals surface area (Å²) in [4.78, 5) is 0. The molecule has 2 aromatic carbocycles. The largest absolute Gasteiger partial charge is 0.493 e. The van der Waals surface area contributed by atoms with Gasteiger partial charge in [-0.2, -0.15) is 0 Å². The highest BCUT2D eigenvalue weighted by Gasteiger charge is 2.36. The third-order valence-corrected chi connectivity index (χ3v) is 5.43. The van der Waals surface area contributed by atoms with E-state index in [4.69, 9.17) is 9.47 Å². The quantitative estimate of drug-likeness (QED) is 0.893. The van der Waals surface area contributed by atoms with Gasteiger partial charge in [-0.3, -0.25) is 0 Å². The van der Waals surface area contributed by atoms with E-state index in [1.807, 2.05) is 0 Å². The van der Waals surface area contributed by atoms with Gasteiger partial charge in [-0.15, -0.1) is 12.4 Å². The third-order valence-electron chi connectivity index (χ3n) is 5.43. The molecule has 0 fully saturated rings. The molecule has 1 N–H and O–H groups in total. The van der Waals surface area contributed by atoms with Gasteiger partial charge < -0.3 is 14.8 Å². The zero-order chi connectivity index (χ0) is 16.0. The van der Waals surface area contributed by atoms with Crippen LogP contribution < -0.4 is 14.8 Å². The van der Waals surface area contributed by atoms with Gasteiger partial charge in [-0.1, -0.05) is 18.2 Å². The molecular formula is C20H24ClNO2. The van der Waals surface area contributed by atoms with Gasteiger partial charge in [0, 0.05) is 18.5 Å². The lowest BCUT2D eigenvalue weighted by Gasteiger charge is -2.40. The molecule has 128 valence electrons. The monoisotopic (exact) mass is 345 g/mol. The van der Waals surface area contributed by atoms with E-state index in [9.17, 15) is 0 Å². The molecule has 0 radical (unpaired) electrons. The zero-order valence-corrected chi connectivity index (χ0v) is 15.2. The van der Waals surface area contributed by atoms with Gasteiger partial charge in [0.05, 0.1) is 14.2 Å². The summed E-state index contributed by atoms with van der Waals surface area (Å²) >= 11 is 0. The predicted octanol–water partition coefficient (Wildman–Crippen LogP) is 3.98. The molecule has 2 aromatic rings. The number of benzene rings is 2. The van der Waals surface area contributed by atoms with E-state index in [0.29, 0.717) is 12.0 Å². The van der Waals surface area contributed by atoms with Gasteiger partial charge in [0.2, 0.25) is 0 Å². The Hall–Kier alpha value is -1.71. The molecule has 0 unspecified atom stereocenters. The van der Waals surface area contributed by atoms with Crippen molar-refractivity contribution in [3.8, 4) is 11.5 Å². The second-order valence-electron chi connectivity index (χ2n) is 6.55. The molecule has 0 amide bonds. The number of halogens is 1. The normalized spacial score (nSPS) is 21.0. The SMILES string of the molecule is COc1cc2c(cc1OC)[C@@H]1c3cccc(C)c3CN[C@H]1CC2.Cl. The van der Waals surface area contributed by atoms with Crippen LogP contribution in [0.2, 0.25) is 0 Å². The van der Waals surface area contributed by atoms with Crippen LogP contribution in [0.4, 0.5) is 0 Å². The first-order valence-electron chi connectivity index (χ1n) is 8.29. The van der Waals surface area contributed by atoms with E-state index in [0.717, 1.165) is 24.5 Å². The third kappa shape index (κ3) is 2.56. The second-order valence-corrected chi connectivity index (χ2v) is 6.55. The zero-order valence-electron chi connectivity index (χ0n) is 14.4. The van der Waals surface area contributed by atoms with Crippen molar-refractivity contribution in [1.82, 2.24) is 5.32 Å². The van der Waals surface area contributed by atoms with Crippen LogP contribution in [0.15, 0.2) is 30.3 Å². The van der Waals surface area contributed by atoms with E-state index in [1.165, 1.54) is 34.2 Å². The van der Waals surface area contributed by atoms with E-state index >= 15 is 0 Å². The fourth-order valence-electron chi connectivity index (χ4n) is 4.23. The first-order chi connectivity index (χ1) is 11.2. The van der Waals surface area contributed by atoms with Crippen molar-refractivity contribution in [1.29, 1.82) is 0 Å². The number of methoxy groups -OCH3 is 2. The first-order valence-corrected chi connectivity index (χ1v) is 8.29. The van der Waals surface area contributed by atoms with Gasteiger partial charge >= 0.3 is 0 Å². The maximum atomic E-state index is 5.55. The van der Waals surface area contributed by atoms with E-state index < -0.39 is 0 Å². The fraction of sp³-hybridized carbons (Fsp3) is 0.400. The Morgan fingerprint density at radius 2 is 1.79 bits per heavy atom. The molecule has 24 heavy (non-hydrogen) atoms. The summed E-state index contributed by atoms with van der Waals surface area (Å²) in [7, 11) is 3.42. The first kappa shape index (κ1) is 17.1. The summed E-state index contributed by atoms with van der Waals surface area (Å²) in [6.07, 6.45) is 2.26. The molecule has 4 heteroatoms. The lowest BCUT2D eigenvalue weighted by Crippen LogP contribution is -2.42.